The quantitative estimate of drug-likeness (QED) is 0.784. The lowest BCUT2D eigenvalue weighted by Gasteiger charge is -2.09. The fourth-order valence-corrected chi connectivity index (χ4v) is 2.15. The molecule has 0 aliphatic heterocycles. The average Bonchev–Trinajstić information content (AvgIpc) is 2.95. The first kappa shape index (κ1) is 12.3. The van der Waals surface area contributed by atoms with E-state index in [4.69, 9.17) is 5.73 Å². The van der Waals surface area contributed by atoms with Crippen LogP contribution in [0.2, 0.25) is 0 Å². The molecule has 0 saturated carbocycles. The van der Waals surface area contributed by atoms with Crippen LogP contribution < -0.4 is 5.73 Å². The summed E-state index contributed by atoms with van der Waals surface area (Å²) < 4.78 is 2.08. The normalized spacial score (nSPS) is 10.6. The monoisotopic (exact) mass is 265 g/mol. The van der Waals surface area contributed by atoms with Gasteiger partial charge >= 0.3 is 0 Å². The van der Waals surface area contributed by atoms with E-state index in [-0.39, 0.29) is 0 Å². The number of rotatable bonds is 4. The third kappa shape index (κ3) is 2.51. The van der Waals surface area contributed by atoms with Gasteiger partial charge in [0.1, 0.15) is 5.82 Å². The molecule has 0 aromatic carbocycles. The van der Waals surface area contributed by atoms with E-state index in [0.29, 0.717) is 5.82 Å². The van der Waals surface area contributed by atoms with E-state index >= 15 is 0 Å². The molecule has 0 saturated heterocycles. The van der Waals surface area contributed by atoms with E-state index in [2.05, 4.69) is 25.6 Å². The topological polar surface area (TPSA) is 69.6 Å². The lowest BCUT2D eigenvalue weighted by molar-refractivity contribution is 0.700. The molecular formula is C15H15N5. The molecule has 5 nitrogen and oxygen atoms in total. The molecule has 100 valence electrons. The van der Waals surface area contributed by atoms with Crippen molar-refractivity contribution in [3.63, 3.8) is 0 Å². The molecule has 3 rings (SSSR count). The van der Waals surface area contributed by atoms with Gasteiger partial charge in [-0.25, -0.2) is 9.97 Å². The lowest BCUT2D eigenvalue weighted by Crippen LogP contribution is -2.04. The van der Waals surface area contributed by atoms with Crippen LogP contribution in [0.5, 0.6) is 0 Å². The SMILES string of the molecule is Nc1ncccc1-c1cncn1CCc1cccnc1. The fourth-order valence-electron chi connectivity index (χ4n) is 2.15. The van der Waals surface area contributed by atoms with E-state index in [1.807, 2.05) is 36.9 Å². The van der Waals surface area contributed by atoms with Gasteiger partial charge in [-0.05, 0) is 30.2 Å². The number of hydrogen-bond acceptors (Lipinski definition) is 4. The Morgan fingerprint density at radius 1 is 1.05 bits per heavy atom. The highest BCUT2D eigenvalue weighted by Crippen LogP contribution is 2.23. The van der Waals surface area contributed by atoms with Crippen LogP contribution in [0.4, 0.5) is 5.82 Å². The average molecular weight is 265 g/mol. The summed E-state index contributed by atoms with van der Waals surface area (Å²) in [5.74, 6) is 0.524. The molecule has 3 aromatic heterocycles. The van der Waals surface area contributed by atoms with Gasteiger partial charge in [-0.3, -0.25) is 4.98 Å². The molecule has 0 amide bonds. The number of nitrogens with two attached hydrogens (primary N) is 1. The van der Waals surface area contributed by atoms with Crippen molar-refractivity contribution in [3.05, 3.63) is 60.9 Å². The van der Waals surface area contributed by atoms with Crippen LogP contribution in [0.3, 0.4) is 0 Å². The Morgan fingerprint density at radius 3 is 2.75 bits per heavy atom. The largest absolute Gasteiger partial charge is 0.383 e. The minimum Gasteiger partial charge on any atom is -0.383 e. The van der Waals surface area contributed by atoms with Crippen molar-refractivity contribution in [2.24, 2.45) is 0 Å². The van der Waals surface area contributed by atoms with Crippen LogP contribution in [-0.4, -0.2) is 19.5 Å². The molecule has 0 aliphatic rings. The number of pyridine rings is 2. The number of aryl methyl sites for hydroxylation is 2. The molecule has 3 aromatic rings. The molecule has 0 atom stereocenters. The summed E-state index contributed by atoms with van der Waals surface area (Å²) in [6.07, 6.45) is 9.89. The summed E-state index contributed by atoms with van der Waals surface area (Å²) in [4.78, 5) is 12.5. The highest BCUT2D eigenvalue weighted by molar-refractivity contribution is 5.70. The van der Waals surface area contributed by atoms with Crippen molar-refractivity contribution in [3.8, 4) is 11.3 Å². The van der Waals surface area contributed by atoms with Crippen molar-refractivity contribution >= 4 is 5.82 Å². The summed E-state index contributed by atoms with van der Waals surface area (Å²) in [5.41, 5.74) is 9.02. The number of nitrogens with zero attached hydrogens (tertiary/aromatic N) is 4. The minimum atomic E-state index is 0.524. The first-order valence-electron chi connectivity index (χ1n) is 6.44. The smallest absolute Gasteiger partial charge is 0.132 e. The molecule has 20 heavy (non-hydrogen) atoms. The Morgan fingerprint density at radius 2 is 1.95 bits per heavy atom. The zero-order chi connectivity index (χ0) is 13.8. The van der Waals surface area contributed by atoms with Gasteiger partial charge in [-0.2, -0.15) is 0 Å². The Balaban J connectivity index is 1.83. The Labute approximate surface area is 117 Å². The van der Waals surface area contributed by atoms with E-state index in [9.17, 15) is 0 Å². The number of imidazole rings is 1. The summed E-state index contributed by atoms with van der Waals surface area (Å²) in [6, 6.07) is 7.86. The summed E-state index contributed by atoms with van der Waals surface area (Å²) in [6.45, 7) is 0.829. The van der Waals surface area contributed by atoms with Crippen LogP contribution >= 0.6 is 0 Å². The first-order valence-corrected chi connectivity index (χ1v) is 6.44. The van der Waals surface area contributed by atoms with Gasteiger partial charge in [0.25, 0.3) is 0 Å². The molecule has 0 fully saturated rings. The van der Waals surface area contributed by atoms with Gasteiger partial charge in [0.2, 0.25) is 0 Å². The number of nitrogen functional groups attached to an aromatic ring is 1. The van der Waals surface area contributed by atoms with Crippen molar-refractivity contribution in [1.29, 1.82) is 0 Å². The molecular weight excluding hydrogens is 250 g/mol. The standard InChI is InChI=1S/C15H15N5/c16-15-13(4-2-7-19-15)14-10-18-11-20(14)8-5-12-3-1-6-17-9-12/h1-4,6-7,9-11H,5,8H2,(H2,16,19). The molecule has 0 spiro atoms. The molecule has 0 unspecified atom stereocenters. The van der Waals surface area contributed by atoms with Gasteiger partial charge in [-0.15, -0.1) is 0 Å². The number of aromatic nitrogens is 4. The van der Waals surface area contributed by atoms with Gasteiger partial charge < -0.3 is 10.3 Å². The highest BCUT2D eigenvalue weighted by Gasteiger charge is 2.08. The second-order valence-electron chi connectivity index (χ2n) is 4.52. The van der Waals surface area contributed by atoms with Gasteiger partial charge in [0, 0.05) is 30.7 Å². The third-order valence-electron chi connectivity index (χ3n) is 3.19. The maximum atomic E-state index is 5.93. The molecule has 0 bridgehead atoms. The van der Waals surface area contributed by atoms with Crippen molar-refractivity contribution in [2.45, 2.75) is 13.0 Å². The van der Waals surface area contributed by atoms with Crippen LogP contribution in [0, 0.1) is 0 Å². The fraction of sp³-hybridized carbons (Fsp3) is 0.133. The summed E-state index contributed by atoms with van der Waals surface area (Å²) in [5, 5.41) is 0. The minimum absolute atomic E-state index is 0.524. The lowest BCUT2D eigenvalue weighted by atomic mass is 10.2. The zero-order valence-corrected chi connectivity index (χ0v) is 11.0. The van der Waals surface area contributed by atoms with E-state index in [1.165, 1.54) is 5.56 Å². The van der Waals surface area contributed by atoms with Crippen molar-refractivity contribution in [2.75, 3.05) is 5.73 Å². The molecule has 0 radical (unpaired) electrons. The second-order valence-corrected chi connectivity index (χ2v) is 4.52. The van der Waals surface area contributed by atoms with Crippen LogP contribution in [0.25, 0.3) is 11.3 Å². The predicted molar refractivity (Wildman–Crippen MR) is 77.8 cm³/mol. The Kier molecular flexibility index (Phi) is 3.41. The van der Waals surface area contributed by atoms with Crippen molar-refractivity contribution in [1.82, 2.24) is 19.5 Å². The first-order chi connectivity index (χ1) is 9.84. The van der Waals surface area contributed by atoms with Crippen LogP contribution in [0.1, 0.15) is 5.56 Å². The van der Waals surface area contributed by atoms with Crippen LogP contribution in [0.15, 0.2) is 55.4 Å². The van der Waals surface area contributed by atoms with E-state index in [1.54, 1.807) is 12.4 Å². The summed E-state index contributed by atoms with van der Waals surface area (Å²) >= 11 is 0. The van der Waals surface area contributed by atoms with Crippen molar-refractivity contribution < 1.29 is 0 Å². The highest BCUT2D eigenvalue weighted by atomic mass is 15.0. The second kappa shape index (κ2) is 5.52. The number of hydrogen-bond donors (Lipinski definition) is 1. The predicted octanol–water partition coefficient (Wildman–Crippen LogP) is 2.17. The Bertz CT molecular complexity index is 690. The molecule has 5 heteroatoms. The van der Waals surface area contributed by atoms with Crippen LogP contribution in [-0.2, 0) is 13.0 Å². The van der Waals surface area contributed by atoms with Gasteiger partial charge in [0.05, 0.1) is 18.2 Å². The van der Waals surface area contributed by atoms with E-state index < -0.39 is 0 Å². The molecule has 3 heterocycles. The molecule has 0 aliphatic carbocycles. The number of anilines is 1. The maximum absolute atomic E-state index is 5.93. The van der Waals surface area contributed by atoms with Gasteiger partial charge in [-0.1, -0.05) is 6.07 Å². The third-order valence-corrected chi connectivity index (χ3v) is 3.19. The van der Waals surface area contributed by atoms with E-state index in [0.717, 1.165) is 24.2 Å². The summed E-state index contributed by atoms with van der Waals surface area (Å²) in [7, 11) is 0. The van der Waals surface area contributed by atoms with Gasteiger partial charge in [0.15, 0.2) is 0 Å². The maximum Gasteiger partial charge on any atom is 0.132 e. The molecule has 2 N–H and O–H groups in total. The zero-order valence-electron chi connectivity index (χ0n) is 11.0. The Hall–Kier alpha value is -2.69.